The normalized spacial score (nSPS) is 11.6. The average Bonchev–Trinajstić information content (AvgIpc) is 3.79. The highest BCUT2D eigenvalue weighted by Crippen LogP contribution is 2.53. The maximum absolute atomic E-state index is 6.94. The van der Waals surface area contributed by atoms with Crippen LogP contribution >= 0.6 is 23.2 Å². The minimum atomic E-state index is 0.589. The Morgan fingerprint density at radius 3 is 1.16 bits per heavy atom. The number of hydrogen-bond donors (Lipinski definition) is 0. The molecule has 6 nitrogen and oxygen atoms in total. The molecular formula is C48H32Cl2N2O4. The van der Waals surface area contributed by atoms with Crippen molar-refractivity contribution in [2.75, 3.05) is 24.0 Å². The molecule has 0 aliphatic rings. The van der Waals surface area contributed by atoms with E-state index in [-0.39, 0.29) is 0 Å². The van der Waals surface area contributed by atoms with Crippen molar-refractivity contribution in [2.24, 2.45) is 0 Å². The van der Waals surface area contributed by atoms with Crippen molar-refractivity contribution in [3.05, 3.63) is 168 Å². The summed E-state index contributed by atoms with van der Waals surface area (Å²) in [4.78, 5) is 4.53. The van der Waals surface area contributed by atoms with Crippen LogP contribution in [-0.4, -0.2) is 14.2 Å². The fourth-order valence-electron chi connectivity index (χ4n) is 7.80. The van der Waals surface area contributed by atoms with E-state index in [2.05, 4.69) is 70.5 Å². The van der Waals surface area contributed by atoms with Gasteiger partial charge in [-0.25, -0.2) is 0 Å². The Morgan fingerprint density at radius 2 is 0.786 bits per heavy atom. The van der Waals surface area contributed by atoms with E-state index in [1.54, 1.807) is 14.2 Å². The van der Waals surface area contributed by atoms with Gasteiger partial charge in [-0.3, -0.25) is 0 Å². The molecule has 0 aliphatic heterocycles. The Labute approximate surface area is 332 Å². The van der Waals surface area contributed by atoms with Gasteiger partial charge < -0.3 is 28.1 Å². The number of furan rings is 2. The van der Waals surface area contributed by atoms with Crippen molar-refractivity contribution in [1.82, 2.24) is 0 Å². The summed E-state index contributed by atoms with van der Waals surface area (Å²) in [5.74, 6) is 1.52. The van der Waals surface area contributed by atoms with Crippen LogP contribution in [0.1, 0.15) is 0 Å². The molecule has 0 atom stereocenters. The number of rotatable bonds is 8. The summed E-state index contributed by atoms with van der Waals surface area (Å²) in [5, 5.41) is 6.62. The molecule has 10 rings (SSSR count). The summed E-state index contributed by atoms with van der Waals surface area (Å²) in [6.07, 6.45) is 0. The van der Waals surface area contributed by atoms with Crippen LogP contribution in [-0.2, 0) is 0 Å². The Kier molecular flexibility index (Phi) is 8.24. The summed E-state index contributed by atoms with van der Waals surface area (Å²) < 4.78 is 25.1. The summed E-state index contributed by atoms with van der Waals surface area (Å²) in [6, 6.07) is 52.9. The second kappa shape index (κ2) is 13.6. The average molecular weight is 772 g/mol. The van der Waals surface area contributed by atoms with E-state index in [9.17, 15) is 0 Å². The summed E-state index contributed by atoms with van der Waals surface area (Å²) in [6.45, 7) is 0. The van der Waals surface area contributed by atoms with Crippen molar-refractivity contribution in [3.8, 4) is 11.5 Å². The zero-order chi connectivity index (χ0) is 37.9. The maximum Gasteiger partial charge on any atom is 0.145 e. The highest BCUT2D eigenvalue weighted by atomic mass is 35.5. The minimum absolute atomic E-state index is 0.589. The van der Waals surface area contributed by atoms with Crippen molar-refractivity contribution in [2.45, 2.75) is 0 Å². The third kappa shape index (κ3) is 5.57. The van der Waals surface area contributed by atoms with Gasteiger partial charge in [0.15, 0.2) is 0 Å². The standard InChI is InChI=1S/C48H32Cl2N2O4/c1-53-35-19-15-33(16-20-35)51(31-9-5-3-6-10-31)41-27-39-37-23-13-29(49)25-43(37)56-48(39)46-42(28-40-38-24-14-30(50)26-44(38)55-47(40)45(41)46)52(32-11-7-4-8-12-32)34-17-21-36(54-2)22-18-34/h3-28H,1-2H3. The van der Waals surface area contributed by atoms with Crippen LogP contribution in [0.5, 0.6) is 11.5 Å². The first-order chi connectivity index (χ1) is 27.5. The Balaban J connectivity index is 1.44. The molecular weight excluding hydrogens is 739 g/mol. The molecule has 0 amide bonds. The molecule has 56 heavy (non-hydrogen) atoms. The highest BCUT2D eigenvalue weighted by molar-refractivity contribution is 6.34. The number of fused-ring (bicyclic) bond motifs is 9. The Bertz CT molecular complexity index is 2860. The van der Waals surface area contributed by atoms with Crippen LogP contribution in [0.2, 0.25) is 10.0 Å². The molecule has 8 heteroatoms. The predicted molar refractivity (Wildman–Crippen MR) is 231 cm³/mol. The molecule has 0 unspecified atom stereocenters. The van der Waals surface area contributed by atoms with Gasteiger partial charge in [0.05, 0.1) is 36.4 Å². The SMILES string of the molecule is COc1ccc(N(c2ccccc2)c2cc3c4ccc(Cl)cc4oc3c3c(N(c4ccccc4)c4ccc(OC)cc4)cc4c5ccc(Cl)cc5oc4c23)cc1. The molecule has 0 radical (unpaired) electrons. The molecule has 0 spiro atoms. The molecule has 272 valence electrons. The molecule has 0 saturated heterocycles. The monoisotopic (exact) mass is 770 g/mol. The number of methoxy groups -OCH3 is 2. The topological polar surface area (TPSA) is 51.2 Å². The van der Waals surface area contributed by atoms with E-state index in [0.29, 0.717) is 32.4 Å². The van der Waals surface area contributed by atoms with Crippen molar-refractivity contribution < 1.29 is 18.3 Å². The third-order valence-corrected chi connectivity index (χ3v) is 10.8. The first-order valence-corrected chi connectivity index (χ1v) is 18.9. The van der Waals surface area contributed by atoms with E-state index in [1.165, 1.54) is 0 Å². The van der Waals surface area contributed by atoms with Gasteiger partial charge in [-0.2, -0.15) is 0 Å². The zero-order valence-electron chi connectivity index (χ0n) is 30.3. The number of halogens is 2. The molecule has 0 bridgehead atoms. The van der Waals surface area contributed by atoms with Gasteiger partial charge in [0, 0.05) is 66.5 Å². The van der Waals surface area contributed by atoms with E-state index >= 15 is 0 Å². The first-order valence-electron chi connectivity index (χ1n) is 18.1. The van der Waals surface area contributed by atoms with Crippen LogP contribution in [0.4, 0.5) is 34.1 Å². The number of ether oxygens (including phenoxy) is 2. The number of benzene rings is 8. The van der Waals surface area contributed by atoms with Crippen molar-refractivity contribution >= 4 is 112 Å². The molecule has 10 aromatic rings. The van der Waals surface area contributed by atoms with Gasteiger partial charge in [-0.05, 0) is 109 Å². The molecule has 0 N–H and O–H groups in total. The lowest BCUT2D eigenvalue weighted by Gasteiger charge is -2.30. The van der Waals surface area contributed by atoms with Gasteiger partial charge in [0.2, 0.25) is 0 Å². The fraction of sp³-hybridized carbons (Fsp3) is 0.0417. The Hall–Kier alpha value is -6.60. The molecule has 0 saturated carbocycles. The molecule has 0 fully saturated rings. The summed E-state index contributed by atoms with van der Waals surface area (Å²) >= 11 is 13.2. The van der Waals surface area contributed by atoms with E-state index in [1.807, 2.05) is 97.1 Å². The van der Waals surface area contributed by atoms with Crippen LogP contribution in [0.3, 0.4) is 0 Å². The molecule has 8 aromatic carbocycles. The summed E-state index contributed by atoms with van der Waals surface area (Å²) in [5.41, 5.74) is 8.33. The maximum atomic E-state index is 6.94. The molecule has 2 heterocycles. The van der Waals surface area contributed by atoms with Gasteiger partial charge >= 0.3 is 0 Å². The zero-order valence-corrected chi connectivity index (χ0v) is 31.8. The van der Waals surface area contributed by atoms with E-state index < -0.39 is 0 Å². The largest absolute Gasteiger partial charge is 0.497 e. The van der Waals surface area contributed by atoms with Crippen LogP contribution in [0.25, 0.3) is 54.6 Å². The third-order valence-electron chi connectivity index (χ3n) is 10.3. The lowest BCUT2D eigenvalue weighted by atomic mass is 9.96. The van der Waals surface area contributed by atoms with Crippen LogP contribution < -0.4 is 19.3 Å². The van der Waals surface area contributed by atoms with Crippen LogP contribution in [0, 0.1) is 0 Å². The Morgan fingerprint density at radius 1 is 0.411 bits per heavy atom. The first kappa shape index (κ1) is 33.9. The highest BCUT2D eigenvalue weighted by Gasteiger charge is 2.29. The number of nitrogens with zero attached hydrogens (tertiary/aromatic N) is 2. The lowest BCUT2D eigenvalue weighted by Crippen LogP contribution is -2.13. The van der Waals surface area contributed by atoms with Gasteiger partial charge in [0.1, 0.15) is 33.8 Å². The summed E-state index contributed by atoms with van der Waals surface area (Å²) in [7, 11) is 3.35. The quantitative estimate of drug-likeness (QED) is 0.153. The molecule has 2 aromatic heterocycles. The number of para-hydroxylation sites is 2. The van der Waals surface area contributed by atoms with Gasteiger partial charge in [-0.15, -0.1) is 0 Å². The van der Waals surface area contributed by atoms with E-state index in [0.717, 1.165) is 77.9 Å². The number of hydrogen-bond acceptors (Lipinski definition) is 6. The lowest BCUT2D eigenvalue weighted by molar-refractivity contribution is 0.414. The predicted octanol–water partition coefficient (Wildman–Crippen LogP) is 14.9. The fourth-order valence-corrected chi connectivity index (χ4v) is 8.12. The minimum Gasteiger partial charge on any atom is -0.497 e. The second-order valence-corrected chi connectivity index (χ2v) is 14.4. The van der Waals surface area contributed by atoms with Gasteiger partial charge in [0.25, 0.3) is 0 Å². The van der Waals surface area contributed by atoms with E-state index in [4.69, 9.17) is 41.5 Å². The number of anilines is 6. The van der Waals surface area contributed by atoms with Crippen molar-refractivity contribution in [3.63, 3.8) is 0 Å². The smallest absolute Gasteiger partial charge is 0.145 e. The van der Waals surface area contributed by atoms with Gasteiger partial charge in [-0.1, -0.05) is 59.6 Å². The van der Waals surface area contributed by atoms with Crippen molar-refractivity contribution in [1.29, 1.82) is 0 Å². The van der Waals surface area contributed by atoms with Crippen LogP contribution in [0.15, 0.2) is 167 Å². The molecule has 0 aliphatic carbocycles. The second-order valence-electron chi connectivity index (χ2n) is 13.5.